The molecule has 0 saturated heterocycles. The van der Waals surface area contributed by atoms with Gasteiger partial charge in [-0.05, 0) is 47.9 Å². The summed E-state index contributed by atoms with van der Waals surface area (Å²) in [5.41, 5.74) is 6.17. The number of carboxylic acids is 1. The number of hydrogen-bond acceptors (Lipinski definition) is 6. The minimum atomic E-state index is -1.00. The number of aromatic nitrogens is 5. The maximum atomic E-state index is 12.9. The highest BCUT2D eigenvalue weighted by molar-refractivity contribution is 6.04. The van der Waals surface area contributed by atoms with Crippen molar-refractivity contribution in [1.29, 1.82) is 0 Å². The first kappa shape index (κ1) is 24.3. The SMILES string of the molecule is O=C1NC(c2[nH]nc(/C=C/c3nnc(-c4ccccc4)o3)c2-c2ccc3c(C(=O)O)c[nH]c3c2)Cc2ccccc21. The molecule has 1 aliphatic heterocycles. The number of rotatable bonds is 6. The minimum absolute atomic E-state index is 0.153. The van der Waals surface area contributed by atoms with Crippen LogP contribution in [0, 0.1) is 0 Å². The van der Waals surface area contributed by atoms with E-state index >= 15 is 0 Å². The number of nitrogens with one attached hydrogen (secondary N) is 3. The number of amides is 1. The molecule has 3 aromatic heterocycles. The van der Waals surface area contributed by atoms with Gasteiger partial charge in [-0.3, -0.25) is 9.89 Å². The van der Waals surface area contributed by atoms with Gasteiger partial charge in [0, 0.05) is 39.9 Å². The van der Waals surface area contributed by atoms with Gasteiger partial charge < -0.3 is 19.8 Å². The Labute approximate surface area is 232 Å². The highest BCUT2D eigenvalue weighted by atomic mass is 16.4. The highest BCUT2D eigenvalue weighted by Crippen LogP contribution is 2.36. The van der Waals surface area contributed by atoms with Crippen molar-refractivity contribution in [1.82, 2.24) is 30.7 Å². The largest absolute Gasteiger partial charge is 0.478 e. The molecule has 0 aliphatic carbocycles. The monoisotopic (exact) mass is 542 g/mol. The lowest BCUT2D eigenvalue weighted by molar-refractivity contribution is 0.0698. The maximum absolute atomic E-state index is 12.9. The van der Waals surface area contributed by atoms with E-state index < -0.39 is 5.97 Å². The zero-order chi connectivity index (χ0) is 27.9. The summed E-state index contributed by atoms with van der Waals surface area (Å²) in [6.45, 7) is 0. The van der Waals surface area contributed by atoms with Crippen LogP contribution in [0.15, 0.2) is 83.4 Å². The first-order valence-electron chi connectivity index (χ1n) is 12.9. The number of carboxylic acid groups (broad SMARTS) is 1. The van der Waals surface area contributed by atoms with Crippen molar-refractivity contribution in [3.63, 3.8) is 0 Å². The molecule has 6 aromatic rings. The Kier molecular flexibility index (Phi) is 5.78. The molecular weight excluding hydrogens is 520 g/mol. The van der Waals surface area contributed by atoms with E-state index in [-0.39, 0.29) is 17.5 Å². The van der Waals surface area contributed by atoms with E-state index in [1.807, 2.05) is 66.7 Å². The second kappa shape index (κ2) is 9.76. The van der Waals surface area contributed by atoms with E-state index in [2.05, 4.69) is 30.7 Å². The van der Waals surface area contributed by atoms with Crippen molar-refractivity contribution in [3.8, 4) is 22.6 Å². The van der Waals surface area contributed by atoms with Crippen LogP contribution in [0.3, 0.4) is 0 Å². The molecule has 10 heteroatoms. The summed E-state index contributed by atoms with van der Waals surface area (Å²) >= 11 is 0. The molecule has 0 bridgehead atoms. The number of aromatic carboxylic acids is 1. The lowest BCUT2D eigenvalue weighted by Gasteiger charge is -2.25. The van der Waals surface area contributed by atoms with Gasteiger partial charge in [-0.25, -0.2) is 4.79 Å². The summed E-state index contributed by atoms with van der Waals surface area (Å²) in [6, 6.07) is 22.2. The Morgan fingerprint density at radius 3 is 2.66 bits per heavy atom. The number of nitrogens with zero attached hydrogens (tertiary/aromatic N) is 3. The predicted molar refractivity (Wildman–Crippen MR) is 152 cm³/mol. The fourth-order valence-corrected chi connectivity index (χ4v) is 5.26. The van der Waals surface area contributed by atoms with Crippen LogP contribution in [0.2, 0.25) is 0 Å². The molecule has 3 aromatic carbocycles. The highest BCUT2D eigenvalue weighted by Gasteiger charge is 2.29. The lowest BCUT2D eigenvalue weighted by Crippen LogP contribution is -2.35. The van der Waals surface area contributed by atoms with Gasteiger partial charge in [0.05, 0.1) is 23.0 Å². The molecular formula is C31H22N6O4. The third kappa shape index (κ3) is 4.37. The standard InChI is InChI=1S/C31H22N6O4/c38-29-20-9-5-4-8-18(20)14-25(33-29)28-27(19-10-11-21-22(31(39)40)16-32-24(21)15-19)23(34-36-28)12-13-26-35-37-30(41-26)17-6-2-1-3-7-17/h1-13,15-16,25,32H,14H2,(H,33,38)(H,34,36)(H,39,40)/b13-12+. The van der Waals surface area contributed by atoms with Crippen molar-refractivity contribution < 1.29 is 19.1 Å². The van der Waals surface area contributed by atoms with Gasteiger partial charge in [0.1, 0.15) is 0 Å². The molecule has 1 amide bonds. The molecule has 4 heterocycles. The molecule has 200 valence electrons. The number of carbonyl (C=O) groups is 2. The number of H-pyrrole nitrogens is 2. The summed E-state index contributed by atoms with van der Waals surface area (Å²) in [4.78, 5) is 27.6. The average molecular weight is 543 g/mol. The third-order valence-electron chi connectivity index (χ3n) is 7.21. The average Bonchev–Trinajstić information content (AvgIpc) is 3.74. The number of aromatic amines is 2. The summed E-state index contributed by atoms with van der Waals surface area (Å²) in [5, 5.41) is 29.3. The summed E-state index contributed by atoms with van der Waals surface area (Å²) in [6.07, 6.45) is 5.52. The van der Waals surface area contributed by atoms with E-state index in [4.69, 9.17) is 4.42 Å². The van der Waals surface area contributed by atoms with Gasteiger partial charge in [0.25, 0.3) is 5.91 Å². The van der Waals surface area contributed by atoms with Crippen molar-refractivity contribution >= 4 is 34.9 Å². The normalized spacial score (nSPS) is 14.8. The first-order chi connectivity index (χ1) is 20.0. The van der Waals surface area contributed by atoms with Crippen LogP contribution in [-0.4, -0.2) is 42.4 Å². The predicted octanol–water partition coefficient (Wildman–Crippen LogP) is 5.50. The molecule has 41 heavy (non-hydrogen) atoms. The number of hydrogen-bond donors (Lipinski definition) is 4. The van der Waals surface area contributed by atoms with Crippen LogP contribution >= 0.6 is 0 Å². The topological polar surface area (TPSA) is 150 Å². The second-order valence-electron chi connectivity index (χ2n) is 9.70. The Morgan fingerprint density at radius 2 is 1.80 bits per heavy atom. The van der Waals surface area contributed by atoms with Crippen molar-refractivity contribution in [2.75, 3.05) is 0 Å². The fraction of sp³-hybridized carbons (Fsp3) is 0.0645. The Hall–Kier alpha value is -5.77. The Bertz CT molecular complexity index is 1970. The molecule has 1 aliphatic rings. The quantitative estimate of drug-likeness (QED) is 0.217. The summed E-state index contributed by atoms with van der Waals surface area (Å²) in [7, 11) is 0. The van der Waals surface area contributed by atoms with E-state index in [1.54, 1.807) is 18.2 Å². The molecule has 10 nitrogen and oxygen atoms in total. The van der Waals surface area contributed by atoms with Crippen LogP contribution < -0.4 is 5.32 Å². The van der Waals surface area contributed by atoms with Crippen molar-refractivity contribution in [3.05, 3.63) is 113 Å². The number of carbonyl (C=O) groups excluding carboxylic acids is 1. The van der Waals surface area contributed by atoms with E-state index in [1.165, 1.54) is 6.20 Å². The molecule has 1 unspecified atom stereocenters. The Morgan fingerprint density at radius 1 is 0.976 bits per heavy atom. The molecule has 0 fully saturated rings. The van der Waals surface area contributed by atoms with Gasteiger partial charge in [0.2, 0.25) is 11.8 Å². The first-order valence-corrected chi connectivity index (χ1v) is 12.9. The van der Waals surface area contributed by atoms with Crippen LogP contribution in [-0.2, 0) is 6.42 Å². The van der Waals surface area contributed by atoms with Gasteiger partial charge in [-0.15, -0.1) is 10.2 Å². The molecule has 0 saturated carbocycles. The zero-order valence-corrected chi connectivity index (χ0v) is 21.5. The van der Waals surface area contributed by atoms with Gasteiger partial charge >= 0.3 is 5.97 Å². The maximum Gasteiger partial charge on any atom is 0.337 e. The van der Waals surface area contributed by atoms with E-state index in [0.29, 0.717) is 40.4 Å². The Balaban J connectivity index is 1.30. The van der Waals surface area contributed by atoms with Crippen LogP contribution in [0.5, 0.6) is 0 Å². The minimum Gasteiger partial charge on any atom is -0.478 e. The van der Waals surface area contributed by atoms with Crippen LogP contribution in [0.25, 0.3) is 45.6 Å². The summed E-state index contributed by atoms with van der Waals surface area (Å²) in [5.74, 6) is -0.442. The molecule has 1 atom stereocenters. The van der Waals surface area contributed by atoms with Gasteiger partial charge in [-0.1, -0.05) is 48.5 Å². The summed E-state index contributed by atoms with van der Waals surface area (Å²) < 4.78 is 5.83. The lowest BCUT2D eigenvalue weighted by atomic mass is 9.90. The molecule has 0 radical (unpaired) electrons. The molecule has 4 N–H and O–H groups in total. The molecule has 0 spiro atoms. The zero-order valence-electron chi connectivity index (χ0n) is 21.5. The van der Waals surface area contributed by atoms with Gasteiger partial charge in [-0.2, -0.15) is 5.10 Å². The van der Waals surface area contributed by atoms with Crippen molar-refractivity contribution in [2.45, 2.75) is 12.5 Å². The van der Waals surface area contributed by atoms with Crippen LogP contribution in [0.1, 0.15) is 49.6 Å². The van der Waals surface area contributed by atoms with Crippen LogP contribution in [0.4, 0.5) is 0 Å². The smallest absolute Gasteiger partial charge is 0.337 e. The van der Waals surface area contributed by atoms with E-state index in [9.17, 15) is 14.7 Å². The number of fused-ring (bicyclic) bond motifs is 2. The molecule has 7 rings (SSSR count). The second-order valence-corrected chi connectivity index (χ2v) is 9.70. The number of benzene rings is 3. The van der Waals surface area contributed by atoms with Crippen molar-refractivity contribution in [2.24, 2.45) is 0 Å². The van der Waals surface area contributed by atoms with Gasteiger partial charge in [0.15, 0.2) is 0 Å². The van der Waals surface area contributed by atoms with E-state index in [0.717, 1.165) is 27.9 Å². The fourth-order valence-electron chi connectivity index (χ4n) is 5.26. The third-order valence-corrected chi connectivity index (χ3v) is 7.21.